The van der Waals surface area contributed by atoms with Gasteiger partial charge in [-0.2, -0.15) is 5.10 Å². The number of methoxy groups -OCH3 is 3. The Kier molecular flexibility index (Phi) is 7.13. The van der Waals surface area contributed by atoms with E-state index in [1.54, 1.807) is 31.4 Å². The molecule has 38 heavy (non-hydrogen) atoms. The molecular weight excluding hydrogens is 484 g/mol. The second kappa shape index (κ2) is 10.8. The molecule has 8 heteroatoms. The summed E-state index contributed by atoms with van der Waals surface area (Å²) in [6.45, 7) is 0.243. The van der Waals surface area contributed by atoms with Gasteiger partial charge in [0.15, 0.2) is 5.69 Å². The number of aryl methyl sites for hydroxylation is 2. The van der Waals surface area contributed by atoms with Crippen LogP contribution in [0.2, 0.25) is 0 Å². The van der Waals surface area contributed by atoms with Gasteiger partial charge >= 0.3 is 11.9 Å². The van der Waals surface area contributed by atoms with E-state index in [4.69, 9.17) is 18.9 Å². The van der Waals surface area contributed by atoms with Gasteiger partial charge in [-0.05, 0) is 72.9 Å². The molecule has 0 unspecified atom stereocenters. The molecule has 0 amide bonds. The van der Waals surface area contributed by atoms with Gasteiger partial charge in [-0.15, -0.1) is 0 Å². The van der Waals surface area contributed by atoms with Gasteiger partial charge in [0.05, 0.1) is 27.0 Å². The Balaban J connectivity index is 1.58. The maximum absolute atomic E-state index is 13.0. The Morgan fingerprint density at radius 2 is 1.63 bits per heavy atom. The topological polar surface area (TPSA) is 88.9 Å². The molecule has 0 radical (unpaired) electrons. The fourth-order valence-electron chi connectivity index (χ4n) is 4.79. The highest BCUT2D eigenvalue weighted by Crippen LogP contribution is 2.33. The van der Waals surface area contributed by atoms with Crippen LogP contribution in [0.25, 0.3) is 16.9 Å². The lowest BCUT2D eigenvalue weighted by molar-refractivity contribution is 0.0549. The number of hydrogen-bond acceptors (Lipinski definition) is 7. The predicted octanol–water partition coefficient (Wildman–Crippen LogP) is 5.19. The molecular formula is C30H28N2O6. The monoisotopic (exact) mass is 512 g/mol. The first-order chi connectivity index (χ1) is 18.5. The second-order valence-corrected chi connectivity index (χ2v) is 8.90. The molecule has 8 nitrogen and oxygen atoms in total. The fraction of sp³-hybridized carbons (Fsp3) is 0.233. The minimum absolute atomic E-state index is 0.0128. The van der Waals surface area contributed by atoms with Gasteiger partial charge in [0, 0.05) is 11.1 Å². The summed E-state index contributed by atoms with van der Waals surface area (Å²) in [5.41, 5.74) is 4.93. The molecule has 3 aromatic carbocycles. The Bertz CT molecular complexity index is 1490. The zero-order chi connectivity index (χ0) is 26.6. The lowest BCUT2D eigenvalue weighted by atomic mass is 10.0. The third-order valence-electron chi connectivity index (χ3n) is 6.67. The Hall–Kier alpha value is -4.59. The number of hydrogen-bond donors (Lipinski definition) is 0. The van der Waals surface area contributed by atoms with Crippen LogP contribution < -0.4 is 9.47 Å². The van der Waals surface area contributed by atoms with E-state index in [0.717, 1.165) is 24.2 Å². The van der Waals surface area contributed by atoms with E-state index in [9.17, 15) is 9.59 Å². The van der Waals surface area contributed by atoms with Crippen molar-refractivity contribution in [1.82, 2.24) is 9.78 Å². The summed E-state index contributed by atoms with van der Waals surface area (Å²) in [6, 6.07) is 20.7. The summed E-state index contributed by atoms with van der Waals surface area (Å²) in [6.07, 6.45) is 3.34. The molecule has 4 aromatic rings. The molecule has 0 spiro atoms. The lowest BCUT2D eigenvalue weighted by Crippen LogP contribution is -2.15. The first-order valence-corrected chi connectivity index (χ1v) is 12.3. The quantitative estimate of drug-likeness (QED) is 0.300. The highest BCUT2D eigenvalue weighted by Gasteiger charge is 2.31. The predicted molar refractivity (Wildman–Crippen MR) is 141 cm³/mol. The van der Waals surface area contributed by atoms with Crippen molar-refractivity contribution in [2.75, 3.05) is 21.3 Å². The van der Waals surface area contributed by atoms with Crippen LogP contribution in [0.3, 0.4) is 0 Å². The van der Waals surface area contributed by atoms with Crippen LogP contribution in [0.4, 0.5) is 0 Å². The maximum atomic E-state index is 13.0. The van der Waals surface area contributed by atoms with E-state index in [2.05, 4.69) is 17.2 Å². The van der Waals surface area contributed by atoms with Crippen molar-refractivity contribution in [3.05, 3.63) is 94.7 Å². The van der Waals surface area contributed by atoms with Crippen LogP contribution in [0, 0.1) is 0 Å². The number of aromatic nitrogens is 2. The summed E-state index contributed by atoms with van der Waals surface area (Å²) in [7, 11) is 4.11. The van der Waals surface area contributed by atoms with E-state index in [1.165, 1.54) is 36.4 Å². The van der Waals surface area contributed by atoms with Crippen molar-refractivity contribution < 1.29 is 28.5 Å². The standard InChI is InChI=1S/C30H28N2O6/c1-35-25-15-13-21(16-22(25)18-38-24-14-12-19-8-7-9-20(19)17-24)27-26(29(33)36-2)28(30(34)37-3)32(31-27)23-10-5-4-6-11-23/h4-6,10-17H,7-9,18H2,1-3H3. The molecule has 0 fully saturated rings. The van der Waals surface area contributed by atoms with Crippen LogP contribution in [-0.4, -0.2) is 43.0 Å². The van der Waals surface area contributed by atoms with Crippen molar-refractivity contribution >= 4 is 11.9 Å². The molecule has 5 rings (SSSR count). The third kappa shape index (κ3) is 4.72. The van der Waals surface area contributed by atoms with E-state index < -0.39 is 11.9 Å². The lowest BCUT2D eigenvalue weighted by Gasteiger charge is -2.13. The van der Waals surface area contributed by atoms with Gasteiger partial charge in [-0.25, -0.2) is 14.3 Å². The summed E-state index contributed by atoms with van der Waals surface area (Å²) < 4.78 is 23.2. The molecule has 0 saturated heterocycles. The average molecular weight is 513 g/mol. The van der Waals surface area contributed by atoms with E-state index in [0.29, 0.717) is 17.0 Å². The SMILES string of the molecule is COC(=O)c1c(-c2ccc(OC)c(COc3ccc4c(c3)CCC4)c2)nn(-c2ccccc2)c1C(=O)OC. The molecule has 0 aliphatic heterocycles. The number of carbonyl (C=O) groups excluding carboxylic acids is 2. The molecule has 1 aromatic heterocycles. The average Bonchev–Trinajstić information content (AvgIpc) is 3.60. The number of benzene rings is 3. The number of para-hydroxylation sites is 1. The van der Waals surface area contributed by atoms with Gasteiger partial charge in [-0.1, -0.05) is 24.3 Å². The van der Waals surface area contributed by atoms with Gasteiger partial charge in [0.2, 0.25) is 0 Å². The molecule has 1 aliphatic rings. The van der Waals surface area contributed by atoms with Crippen LogP contribution in [0.1, 0.15) is 44.0 Å². The van der Waals surface area contributed by atoms with Crippen LogP contribution >= 0.6 is 0 Å². The van der Waals surface area contributed by atoms with E-state index >= 15 is 0 Å². The summed E-state index contributed by atoms with van der Waals surface area (Å²) >= 11 is 0. The first-order valence-electron chi connectivity index (χ1n) is 12.3. The first kappa shape index (κ1) is 25.1. The van der Waals surface area contributed by atoms with Crippen molar-refractivity contribution in [2.45, 2.75) is 25.9 Å². The van der Waals surface area contributed by atoms with E-state index in [-0.39, 0.29) is 23.6 Å². The second-order valence-electron chi connectivity index (χ2n) is 8.90. The van der Waals surface area contributed by atoms with Gasteiger partial charge in [-0.3, -0.25) is 0 Å². The third-order valence-corrected chi connectivity index (χ3v) is 6.67. The Morgan fingerprint density at radius 3 is 2.37 bits per heavy atom. The molecule has 1 aliphatic carbocycles. The van der Waals surface area contributed by atoms with Crippen molar-refractivity contribution in [3.63, 3.8) is 0 Å². The summed E-state index contributed by atoms with van der Waals surface area (Å²) in [4.78, 5) is 25.8. The molecule has 0 bridgehead atoms. The molecule has 1 heterocycles. The largest absolute Gasteiger partial charge is 0.496 e. The van der Waals surface area contributed by atoms with Crippen LogP contribution in [-0.2, 0) is 28.9 Å². The van der Waals surface area contributed by atoms with Crippen molar-refractivity contribution in [2.24, 2.45) is 0 Å². The fourth-order valence-corrected chi connectivity index (χ4v) is 4.79. The minimum Gasteiger partial charge on any atom is -0.496 e. The maximum Gasteiger partial charge on any atom is 0.357 e. The summed E-state index contributed by atoms with van der Waals surface area (Å²) in [5.74, 6) is 0.0101. The molecule has 194 valence electrons. The van der Waals surface area contributed by atoms with Gasteiger partial charge in [0.25, 0.3) is 0 Å². The van der Waals surface area contributed by atoms with Gasteiger partial charge < -0.3 is 18.9 Å². The number of nitrogens with zero attached hydrogens (tertiary/aromatic N) is 2. The Labute approximate surface area is 220 Å². The minimum atomic E-state index is -0.707. The molecule has 0 saturated carbocycles. The summed E-state index contributed by atoms with van der Waals surface area (Å²) in [5, 5.41) is 4.68. The van der Waals surface area contributed by atoms with Gasteiger partial charge in [0.1, 0.15) is 29.4 Å². The normalized spacial score (nSPS) is 12.1. The number of fused-ring (bicyclic) bond motifs is 1. The van der Waals surface area contributed by atoms with Crippen LogP contribution in [0.5, 0.6) is 11.5 Å². The number of carbonyl (C=O) groups is 2. The molecule has 0 N–H and O–H groups in total. The smallest absolute Gasteiger partial charge is 0.357 e. The zero-order valence-electron chi connectivity index (χ0n) is 21.5. The number of ether oxygens (including phenoxy) is 4. The van der Waals surface area contributed by atoms with Crippen molar-refractivity contribution in [3.8, 4) is 28.4 Å². The Morgan fingerprint density at radius 1 is 0.868 bits per heavy atom. The zero-order valence-corrected chi connectivity index (χ0v) is 21.5. The van der Waals surface area contributed by atoms with Crippen molar-refractivity contribution in [1.29, 1.82) is 0 Å². The highest BCUT2D eigenvalue weighted by atomic mass is 16.5. The van der Waals surface area contributed by atoms with Crippen LogP contribution in [0.15, 0.2) is 66.7 Å². The highest BCUT2D eigenvalue weighted by molar-refractivity contribution is 6.06. The molecule has 0 atom stereocenters. The van der Waals surface area contributed by atoms with E-state index in [1.807, 2.05) is 30.3 Å². The number of esters is 2. The number of rotatable bonds is 8.